The molecule has 1 rings (SSSR count). The molecular weight excluding hydrogens is 288 g/mol. The van der Waals surface area contributed by atoms with Crippen LogP contribution < -0.4 is 5.56 Å². The standard InChI is InChI=1S/C11H17BrN2OS/c1-3-11(4-2,7-16)6-14-8-13-5-9(12)10(14)15/h5,8,16H,3-4,6-7H2,1-2H3. The van der Waals surface area contributed by atoms with Crippen LogP contribution in [-0.4, -0.2) is 15.3 Å². The first-order chi connectivity index (χ1) is 7.58. The summed E-state index contributed by atoms with van der Waals surface area (Å²) in [6, 6.07) is 0. The fourth-order valence-electron chi connectivity index (χ4n) is 1.65. The summed E-state index contributed by atoms with van der Waals surface area (Å²) in [6.07, 6.45) is 5.13. The van der Waals surface area contributed by atoms with Gasteiger partial charge in [0.1, 0.15) is 4.47 Å². The van der Waals surface area contributed by atoms with Crippen molar-refractivity contribution in [2.45, 2.75) is 33.2 Å². The second-order valence-electron chi connectivity index (χ2n) is 4.04. The van der Waals surface area contributed by atoms with Crippen molar-refractivity contribution in [2.24, 2.45) is 5.41 Å². The molecule has 0 saturated carbocycles. The van der Waals surface area contributed by atoms with Gasteiger partial charge < -0.3 is 0 Å². The van der Waals surface area contributed by atoms with Crippen molar-refractivity contribution in [1.82, 2.24) is 9.55 Å². The van der Waals surface area contributed by atoms with Crippen molar-refractivity contribution in [3.63, 3.8) is 0 Å². The fraction of sp³-hybridized carbons (Fsp3) is 0.636. The molecule has 0 aliphatic carbocycles. The van der Waals surface area contributed by atoms with Crippen LogP contribution in [-0.2, 0) is 6.54 Å². The zero-order chi connectivity index (χ0) is 12.2. The monoisotopic (exact) mass is 304 g/mol. The van der Waals surface area contributed by atoms with E-state index in [2.05, 4.69) is 47.4 Å². The van der Waals surface area contributed by atoms with E-state index >= 15 is 0 Å². The smallest absolute Gasteiger partial charge is 0.267 e. The van der Waals surface area contributed by atoms with E-state index in [0.29, 0.717) is 11.0 Å². The maximum Gasteiger partial charge on any atom is 0.267 e. The van der Waals surface area contributed by atoms with E-state index < -0.39 is 0 Å². The zero-order valence-corrected chi connectivity index (χ0v) is 12.1. The molecule has 0 spiro atoms. The van der Waals surface area contributed by atoms with E-state index in [4.69, 9.17) is 0 Å². The topological polar surface area (TPSA) is 34.9 Å². The lowest BCUT2D eigenvalue weighted by atomic mass is 9.84. The molecule has 5 heteroatoms. The SMILES string of the molecule is CCC(CC)(CS)Cn1cncc(Br)c1=O. The average Bonchev–Trinajstić information content (AvgIpc) is 2.32. The third kappa shape index (κ3) is 2.88. The summed E-state index contributed by atoms with van der Waals surface area (Å²) < 4.78 is 2.17. The van der Waals surface area contributed by atoms with E-state index in [0.717, 1.165) is 18.6 Å². The van der Waals surface area contributed by atoms with Crippen LogP contribution in [0.4, 0.5) is 0 Å². The predicted molar refractivity (Wildman–Crippen MR) is 73.1 cm³/mol. The van der Waals surface area contributed by atoms with Crippen LogP contribution in [0.3, 0.4) is 0 Å². The summed E-state index contributed by atoms with van der Waals surface area (Å²) >= 11 is 7.61. The van der Waals surface area contributed by atoms with Gasteiger partial charge in [-0.15, -0.1) is 0 Å². The Bertz CT molecular complexity index is 393. The van der Waals surface area contributed by atoms with Gasteiger partial charge in [-0.25, -0.2) is 4.98 Å². The summed E-state index contributed by atoms with van der Waals surface area (Å²) in [7, 11) is 0. The number of halogens is 1. The number of hydrogen-bond acceptors (Lipinski definition) is 3. The lowest BCUT2D eigenvalue weighted by Crippen LogP contribution is -2.33. The summed E-state index contributed by atoms with van der Waals surface area (Å²) in [6.45, 7) is 4.95. The molecule has 0 atom stereocenters. The molecule has 90 valence electrons. The molecule has 0 amide bonds. The molecule has 3 nitrogen and oxygen atoms in total. The molecule has 1 aromatic rings. The Morgan fingerprint density at radius 2 is 2.12 bits per heavy atom. The summed E-state index contributed by atoms with van der Waals surface area (Å²) in [5, 5.41) is 0. The zero-order valence-electron chi connectivity index (χ0n) is 9.61. The van der Waals surface area contributed by atoms with Gasteiger partial charge in [0, 0.05) is 12.7 Å². The van der Waals surface area contributed by atoms with Gasteiger partial charge in [-0.05, 0) is 39.9 Å². The van der Waals surface area contributed by atoms with Crippen molar-refractivity contribution >= 4 is 28.6 Å². The molecule has 0 fully saturated rings. The van der Waals surface area contributed by atoms with Crippen LogP contribution in [0.1, 0.15) is 26.7 Å². The second kappa shape index (κ2) is 5.87. The van der Waals surface area contributed by atoms with Gasteiger partial charge in [0.2, 0.25) is 0 Å². The molecule has 1 heterocycles. The number of nitrogens with zero attached hydrogens (tertiary/aromatic N) is 2. The van der Waals surface area contributed by atoms with Gasteiger partial charge in [-0.1, -0.05) is 13.8 Å². The molecule has 0 bridgehead atoms. The Balaban J connectivity index is 3.03. The first-order valence-corrected chi connectivity index (χ1v) is 6.82. The van der Waals surface area contributed by atoms with Gasteiger partial charge in [0.05, 0.1) is 6.33 Å². The summed E-state index contributed by atoms with van der Waals surface area (Å²) in [5.41, 5.74) is 0.0538. The molecule has 0 N–H and O–H groups in total. The van der Waals surface area contributed by atoms with Gasteiger partial charge in [-0.2, -0.15) is 12.6 Å². The largest absolute Gasteiger partial charge is 0.298 e. The lowest BCUT2D eigenvalue weighted by Gasteiger charge is -2.30. The normalized spacial score (nSPS) is 11.8. The van der Waals surface area contributed by atoms with E-state index in [1.807, 2.05) is 0 Å². The maximum atomic E-state index is 11.8. The van der Waals surface area contributed by atoms with Crippen molar-refractivity contribution in [3.05, 3.63) is 27.4 Å². The van der Waals surface area contributed by atoms with Crippen molar-refractivity contribution in [2.75, 3.05) is 5.75 Å². The molecule has 0 saturated heterocycles. The van der Waals surface area contributed by atoms with Crippen molar-refractivity contribution < 1.29 is 0 Å². The average molecular weight is 305 g/mol. The highest BCUT2D eigenvalue weighted by atomic mass is 79.9. The number of rotatable bonds is 5. The molecule has 1 aromatic heterocycles. The van der Waals surface area contributed by atoms with E-state index in [9.17, 15) is 4.79 Å². The Labute approximate surface area is 110 Å². The van der Waals surface area contributed by atoms with Crippen LogP contribution in [0.5, 0.6) is 0 Å². The molecule has 16 heavy (non-hydrogen) atoms. The Kier molecular flexibility index (Phi) is 5.05. The molecule has 0 aliphatic heterocycles. The first kappa shape index (κ1) is 13.8. The summed E-state index contributed by atoms with van der Waals surface area (Å²) in [5.74, 6) is 0.777. The third-order valence-corrected chi connectivity index (χ3v) is 4.42. The highest BCUT2D eigenvalue weighted by molar-refractivity contribution is 9.10. The van der Waals surface area contributed by atoms with Gasteiger partial charge in [0.25, 0.3) is 5.56 Å². The minimum absolute atomic E-state index is 0.0249. The number of thiol groups is 1. The molecule has 0 radical (unpaired) electrons. The highest BCUT2D eigenvalue weighted by Gasteiger charge is 2.25. The van der Waals surface area contributed by atoms with Gasteiger partial charge in [0.15, 0.2) is 0 Å². The highest BCUT2D eigenvalue weighted by Crippen LogP contribution is 2.29. The summed E-state index contributed by atoms with van der Waals surface area (Å²) in [4.78, 5) is 15.9. The lowest BCUT2D eigenvalue weighted by molar-refractivity contribution is 0.253. The van der Waals surface area contributed by atoms with Crippen LogP contribution in [0, 0.1) is 5.41 Å². The van der Waals surface area contributed by atoms with Gasteiger partial charge >= 0.3 is 0 Å². The Morgan fingerprint density at radius 1 is 1.50 bits per heavy atom. The van der Waals surface area contributed by atoms with E-state index in [1.165, 1.54) is 6.20 Å². The van der Waals surface area contributed by atoms with Gasteiger partial charge in [-0.3, -0.25) is 9.36 Å². The van der Waals surface area contributed by atoms with E-state index in [-0.39, 0.29) is 11.0 Å². The van der Waals surface area contributed by atoms with E-state index in [1.54, 1.807) is 10.9 Å². The fourth-order valence-corrected chi connectivity index (χ4v) is 2.54. The van der Waals surface area contributed by atoms with Crippen LogP contribution in [0.2, 0.25) is 0 Å². The van der Waals surface area contributed by atoms with Crippen LogP contribution in [0.25, 0.3) is 0 Å². The second-order valence-corrected chi connectivity index (χ2v) is 5.21. The molecule has 0 aliphatic rings. The maximum absolute atomic E-state index is 11.8. The first-order valence-electron chi connectivity index (χ1n) is 5.39. The number of aromatic nitrogens is 2. The van der Waals surface area contributed by atoms with Crippen molar-refractivity contribution in [1.29, 1.82) is 0 Å². The molecule has 0 aromatic carbocycles. The minimum Gasteiger partial charge on any atom is -0.298 e. The van der Waals surface area contributed by atoms with Crippen LogP contribution in [0.15, 0.2) is 21.8 Å². The molecule has 0 unspecified atom stereocenters. The number of hydrogen-bond donors (Lipinski definition) is 1. The van der Waals surface area contributed by atoms with Crippen LogP contribution >= 0.6 is 28.6 Å². The Hall–Kier alpha value is -0.290. The van der Waals surface area contributed by atoms with Crippen molar-refractivity contribution in [3.8, 4) is 0 Å². The minimum atomic E-state index is -0.0249. The molecular formula is C11H17BrN2OS. The predicted octanol–water partition coefficient (Wildman–Crippen LogP) is 2.74. The Morgan fingerprint density at radius 3 is 2.62 bits per heavy atom. The third-order valence-electron chi connectivity index (χ3n) is 3.20. The quantitative estimate of drug-likeness (QED) is 0.849.